The highest BCUT2D eigenvalue weighted by atomic mass is 19.1. The summed E-state index contributed by atoms with van der Waals surface area (Å²) in [5.74, 6) is -0.0293. The molecule has 1 atom stereocenters. The normalized spacial score (nSPS) is 12.4. The Bertz CT molecular complexity index is 348. The molecule has 1 aromatic carbocycles. The summed E-state index contributed by atoms with van der Waals surface area (Å²) in [6, 6.07) is 6.39. The zero-order chi connectivity index (χ0) is 12.0. The van der Waals surface area contributed by atoms with Crippen molar-refractivity contribution in [3.05, 3.63) is 35.6 Å². The van der Waals surface area contributed by atoms with Gasteiger partial charge in [-0.2, -0.15) is 0 Å². The molecular weight excluding hydrogens is 205 g/mol. The summed E-state index contributed by atoms with van der Waals surface area (Å²) in [6.07, 6.45) is 1.50. The fraction of sp³-hybridized carbons (Fsp3) is 0.462. The number of hydrogen-bond donors (Lipinski definition) is 1. The van der Waals surface area contributed by atoms with Crippen molar-refractivity contribution >= 4 is 5.78 Å². The van der Waals surface area contributed by atoms with Gasteiger partial charge in [-0.1, -0.05) is 31.5 Å². The first-order valence-electron chi connectivity index (χ1n) is 5.62. The second kappa shape index (κ2) is 6.38. The molecule has 2 nitrogen and oxygen atoms in total. The lowest BCUT2D eigenvalue weighted by atomic mass is 9.96. The van der Waals surface area contributed by atoms with Crippen LogP contribution in [0.15, 0.2) is 24.3 Å². The molecule has 0 spiro atoms. The van der Waals surface area contributed by atoms with Crippen LogP contribution in [0, 0.1) is 11.7 Å². The first-order chi connectivity index (χ1) is 7.67. The molecule has 1 unspecified atom stereocenters. The van der Waals surface area contributed by atoms with Gasteiger partial charge in [-0.15, -0.1) is 0 Å². The predicted octanol–water partition coefficient (Wildman–Crippen LogP) is 2.31. The van der Waals surface area contributed by atoms with E-state index in [0.717, 1.165) is 6.42 Å². The third-order valence-corrected chi connectivity index (χ3v) is 2.77. The maximum Gasteiger partial charge on any atom is 0.137 e. The number of Topliss-reactive ketones (excluding diaryl/α,β-unsaturated/α-hetero) is 1. The van der Waals surface area contributed by atoms with E-state index >= 15 is 0 Å². The van der Waals surface area contributed by atoms with Crippen molar-refractivity contribution in [3.63, 3.8) is 0 Å². The Labute approximate surface area is 95.7 Å². The standard InChI is InChI=1S/C13H18FNO/c1-2-10(9-15)7-12(16)8-11-5-3-4-6-13(11)14/h3-6,10H,2,7-9,15H2,1H3. The minimum absolute atomic E-state index is 0.0578. The lowest BCUT2D eigenvalue weighted by Crippen LogP contribution is -2.18. The number of rotatable bonds is 6. The molecule has 3 heteroatoms. The van der Waals surface area contributed by atoms with E-state index in [0.29, 0.717) is 18.5 Å². The Morgan fingerprint density at radius 3 is 2.69 bits per heavy atom. The quantitative estimate of drug-likeness (QED) is 0.804. The number of benzene rings is 1. The molecule has 16 heavy (non-hydrogen) atoms. The van der Waals surface area contributed by atoms with Gasteiger partial charge in [0, 0.05) is 12.8 Å². The second-order valence-corrected chi connectivity index (χ2v) is 4.02. The maximum absolute atomic E-state index is 13.3. The summed E-state index contributed by atoms with van der Waals surface area (Å²) in [4.78, 5) is 11.7. The summed E-state index contributed by atoms with van der Waals surface area (Å²) < 4.78 is 13.3. The molecular formula is C13H18FNO. The van der Waals surface area contributed by atoms with E-state index in [1.807, 2.05) is 6.92 Å². The molecule has 0 aromatic heterocycles. The molecule has 0 radical (unpaired) electrons. The van der Waals surface area contributed by atoms with Crippen LogP contribution in [0.1, 0.15) is 25.3 Å². The number of nitrogens with two attached hydrogens (primary N) is 1. The first kappa shape index (κ1) is 12.8. The fourth-order valence-electron chi connectivity index (χ4n) is 1.64. The Balaban J connectivity index is 2.55. The van der Waals surface area contributed by atoms with Crippen molar-refractivity contribution in [2.24, 2.45) is 11.7 Å². The molecule has 88 valence electrons. The number of hydrogen-bond acceptors (Lipinski definition) is 2. The van der Waals surface area contributed by atoms with Crippen molar-refractivity contribution in [3.8, 4) is 0 Å². The van der Waals surface area contributed by atoms with Crippen molar-refractivity contribution in [1.82, 2.24) is 0 Å². The van der Waals surface area contributed by atoms with E-state index in [1.165, 1.54) is 6.07 Å². The third-order valence-electron chi connectivity index (χ3n) is 2.77. The van der Waals surface area contributed by atoms with Crippen LogP contribution in [0.4, 0.5) is 4.39 Å². The molecule has 0 aliphatic carbocycles. The van der Waals surface area contributed by atoms with Gasteiger partial charge in [-0.3, -0.25) is 4.79 Å². The number of carbonyl (C=O) groups is 1. The van der Waals surface area contributed by atoms with Crippen LogP contribution >= 0.6 is 0 Å². The summed E-state index contributed by atoms with van der Waals surface area (Å²) >= 11 is 0. The van der Waals surface area contributed by atoms with Crippen LogP contribution in [0.25, 0.3) is 0 Å². The maximum atomic E-state index is 13.3. The molecule has 2 N–H and O–H groups in total. The molecule has 1 rings (SSSR count). The molecule has 0 aliphatic heterocycles. The lowest BCUT2D eigenvalue weighted by molar-refractivity contribution is -0.119. The summed E-state index contributed by atoms with van der Waals surface area (Å²) in [6.45, 7) is 2.52. The number of carbonyl (C=O) groups excluding carboxylic acids is 1. The van der Waals surface area contributed by atoms with Crippen molar-refractivity contribution in [1.29, 1.82) is 0 Å². The molecule has 0 amide bonds. The lowest BCUT2D eigenvalue weighted by Gasteiger charge is -2.10. The summed E-state index contributed by atoms with van der Waals surface area (Å²) in [7, 11) is 0. The zero-order valence-corrected chi connectivity index (χ0v) is 9.58. The SMILES string of the molecule is CCC(CN)CC(=O)Cc1ccccc1F. The first-order valence-corrected chi connectivity index (χ1v) is 5.62. The van der Waals surface area contributed by atoms with E-state index in [2.05, 4.69) is 0 Å². The largest absolute Gasteiger partial charge is 0.330 e. The molecule has 0 bridgehead atoms. The van der Waals surface area contributed by atoms with Crippen LogP contribution in [0.5, 0.6) is 0 Å². The Hall–Kier alpha value is -1.22. The van der Waals surface area contributed by atoms with Crippen molar-refractivity contribution < 1.29 is 9.18 Å². The van der Waals surface area contributed by atoms with Gasteiger partial charge in [0.25, 0.3) is 0 Å². The van der Waals surface area contributed by atoms with Crippen LogP contribution < -0.4 is 5.73 Å². The van der Waals surface area contributed by atoms with E-state index in [9.17, 15) is 9.18 Å². The molecule has 0 fully saturated rings. The van der Waals surface area contributed by atoms with Crippen molar-refractivity contribution in [2.75, 3.05) is 6.54 Å². The van der Waals surface area contributed by atoms with E-state index in [1.54, 1.807) is 18.2 Å². The van der Waals surface area contributed by atoms with Gasteiger partial charge < -0.3 is 5.73 Å². The Kier molecular flexibility index (Phi) is 5.12. The monoisotopic (exact) mass is 223 g/mol. The highest BCUT2D eigenvalue weighted by molar-refractivity contribution is 5.81. The van der Waals surface area contributed by atoms with Gasteiger partial charge >= 0.3 is 0 Å². The predicted molar refractivity (Wildman–Crippen MR) is 62.6 cm³/mol. The van der Waals surface area contributed by atoms with Gasteiger partial charge in [0.15, 0.2) is 0 Å². The molecule has 0 saturated heterocycles. The van der Waals surface area contributed by atoms with Crippen LogP contribution in [-0.2, 0) is 11.2 Å². The van der Waals surface area contributed by atoms with Gasteiger partial charge in [0.05, 0.1) is 0 Å². The molecule has 0 aliphatic rings. The minimum Gasteiger partial charge on any atom is -0.330 e. The van der Waals surface area contributed by atoms with E-state index < -0.39 is 0 Å². The Morgan fingerprint density at radius 1 is 1.44 bits per heavy atom. The van der Waals surface area contributed by atoms with Gasteiger partial charge in [0.2, 0.25) is 0 Å². The topological polar surface area (TPSA) is 43.1 Å². The minimum atomic E-state index is -0.309. The van der Waals surface area contributed by atoms with Gasteiger partial charge in [-0.25, -0.2) is 4.39 Å². The second-order valence-electron chi connectivity index (χ2n) is 4.02. The molecule has 1 aromatic rings. The zero-order valence-electron chi connectivity index (χ0n) is 9.58. The smallest absolute Gasteiger partial charge is 0.137 e. The fourth-order valence-corrected chi connectivity index (χ4v) is 1.64. The van der Waals surface area contributed by atoms with Crippen LogP contribution in [0.2, 0.25) is 0 Å². The van der Waals surface area contributed by atoms with Crippen LogP contribution in [-0.4, -0.2) is 12.3 Å². The Morgan fingerprint density at radius 2 is 2.12 bits per heavy atom. The van der Waals surface area contributed by atoms with Crippen molar-refractivity contribution in [2.45, 2.75) is 26.2 Å². The summed E-state index contributed by atoms with van der Waals surface area (Å²) in [5, 5.41) is 0. The van der Waals surface area contributed by atoms with Gasteiger partial charge in [-0.05, 0) is 24.1 Å². The number of halogens is 1. The highest BCUT2D eigenvalue weighted by Crippen LogP contribution is 2.12. The van der Waals surface area contributed by atoms with Crippen LogP contribution in [0.3, 0.4) is 0 Å². The van der Waals surface area contributed by atoms with Gasteiger partial charge in [0.1, 0.15) is 11.6 Å². The molecule has 0 saturated carbocycles. The van der Waals surface area contributed by atoms with E-state index in [-0.39, 0.29) is 23.9 Å². The summed E-state index contributed by atoms with van der Waals surface area (Å²) in [5.41, 5.74) is 6.00. The van der Waals surface area contributed by atoms with E-state index in [4.69, 9.17) is 5.73 Å². The number of ketones is 1. The molecule has 0 heterocycles. The highest BCUT2D eigenvalue weighted by Gasteiger charge is 2.12. The average molecular weight is 223 g/mol. The average Bonchev–Trinajstić information content (AvgIpc) is 2.29. The third kappa shape index (κ3) is 3.74.